The molecule has 1 aromatic heterocycles. The van der Waals surface area contributed by atoms with E-state index in [2.05, 4.69) is 10.2 Å². The first-order valence-corrected chi connectivity index (χ1v) is 2.37. The second kappa shape index (κ2) is 2.24. The van der Waals surface area contributed by atoms with Gasteiger partial charge in [-0.15, -0.1) is 5.10 Å². The van der Waals surface area contributed by atoms with Gasteiger partial charge in [0, 0.05) is 6.17 Å². The van der Waals surface area contributed by atoms with Crippen LogP contribution in [0.25, 0.3) is 0 Å². The van der Waals surface area contributed by atoms with Crippen LogP contribution in [0.15, 0.2) is 18.3 Å². The smallest absolute Gasteiger partial charge is 0.164 e. The van der Waals surface area contributed by atoms with Crippen molar-refractivity contribution in [2.45, 2.75) is 6.18 Å². The van der Waals surface area contributed by atoms with Gasteiger partial charge in [0.15, 0.2) is 5.69 Å². The number of rotatable bonds is 0. The third-order valence-corrected chi connectivity index (χ3v) is 0.822. The lowest BCUT2D eigenvalue weighted by Crippen LogP contribution is -2.07. The molecule has 0 saturated carbocycles. The highest BCUT2D eigenvalue weighted by Crippen LogP contribution is 2.25. The second-order valence-corrected chi connectivity index (χ2v) is 1.55. The fourth-order valence-corrected chi connectivity index (χ4v) is 0.417. The lowest BCUT2D eigenvalue weighted by molar-refractivity contribution is -0.141. The Labute approximate surface area is 56.1 Å². The van der Waals surface area contributed by atoms with Crippen LogP contribution in [0.5, 0.6) is 0 Å². The average Bonchev–Trinajstić information content (AvgIpc) is 1.86. The molecule has 0 fully saturated rings. The molecule has 0 saturated heterocycles. The van der Waals surface area contributed by atoms with E-state index in [4.69, 9.17) is 1.37 Å². The Balaban J connectivity index is 2.99. The van der Waals surface area contributed by atoms with Gasteiger partial charge in [-0.25, -0.2) is 0 Å². The molecule has 0 aliphatic heterocycles. The number of alkyl halides is 3. The van der Waals surface area contributed by atoms with Gasteiger partial charge in [-0.1, -0.05) is 0 Å². The van der Waals surface area contributed by atoms with E-state index in [9.17, 15) is 13.2 Å². The minimum atomic E-state index is -4.47. The molecule has 1 aromatic rings. The van der Waals surface area contributed by atoms with E-state index in [1.54, 1.807) is 0 Å². The molecule has 10 heavy (non-hydrogen) atoms. The number of aromatic nitrogens is 2. The first-order valence-electron chi connectivity index (χ1n) is 2.87. The molecule has 1 rings (SSSR count). The monoisotopic (exact) mass is 149 g/mol. The highest BCUT2D eigenvalue weighted by atomic mass is 19.4. The molecule has 0 amide bonds. The Morgan fingerprint density at radius 3 is 2.60 bits per heavy atom. The molecule has 54 valence electrons. The molecule has 2 nitrogen and oxygen atoms in total. The van der Waals surface area contributed by atoms with E-state index in [-0.39, 0.29) is 6.17 Å². The maximum atomic E-state index is 11.8. The van der Waals surface area contributed by atoms with Gasteiger partial charge < -0.3 is 0 Å². The summed E-state index contributed by atoms with van der Waals surface area (Å²) >= 11 is 0. The van der Waals surface area contributed by atoms with E-state index < -0.39 is 11.9 Å². The maximum absolute atomic E-state index is 11.8. The van der Waals surface area contributed by atoms with Crippen molar-refractivity contribution in [3.63, 3.8) is 0 Å². The molecule has 1 heterocycles. The Bertz CT molecular complexity index is 243. The highest BCUT2D eigenvalue weighted by Gasteiger charge is 2.32. The van der Waals surface area contributed by atoms with Crippen molar-refractivity contribution in [3.05, 3.63) is 24.0 Å². The minimum Gasteiger partial charge on any atom is -0.164 e. The van der Waals surface area contributed by atoms with Crippen LogP contribution >= 0.6 is 0 Å². The molecule has 0 aromatic carbocycles. The van der Waals surface area contributed by atoms with Gasteiger partial charge in [0.2, 0.25) is 0 Å². The summed E-state index contributed by atoms with van der Waals surface area (Å²) in [5, 5.41) is 5.73. The number of halogens is 3. The lowest BCUT2D eigenvalue weighted by Gasteiger charge is -2.01. The number of nitrogens with zero attached hydrogens (tertiary/aromatic N) is 2. The van der Waals surface area contributed by atoms with E-state index in [0.29, 0.717) is 0 Å². The highest BCUT2D eigenvalue weighted by molar-refractivity contribution is 5.02. The summed E-state index contributed by atoms with van der Waals surface area (Å²) < 4.78 is 42.0. The number of hydrogen-bond acceptors (Lipinski definition) is 2. The topological polar surface area (TPSA) is 25.8 Å². The van der Waals surface area contributed by atoms with Crippen molar-refractivity contribution >= 4 is 0 Å². The zero-order chi connectivity index (χ0) is 8.48. The largest absolute Gasteiger partial charge is 0.435 e. The fourth-order valence-electron chi connectivity index (χ4n) is 0.417. The molecular weight excluding hydrogens is 145 g/mol. The SMILES string of the molecule is [2H]c1ccc(C(F)(F)F)nn1. The van der Waals surface area contributed by atoms with Crippen molar-refractivity contribution in [1.82, 2.24) is 10.2 Å². The fraction of sp³-hybridized carbons (Fsp3) is 0.200. The first-order chi connectivity index (χ1) is 5.00. The van der Waals surface area contributed by atoms with Crippen LogP contribution in [-0.2, 0) is 6.18 Å². The molecule has 0 radical (unpaired) electrons. The van der Waals surface area contributed by atoms with E-state index in [1.807, 2.05) is 0 Å². The summed E-state index contributed by atoms with van der Waals surface area (Å²) in [6, 6.07) is 1.66. The van der Waals surface area contributed by atoms with Crippen LogP contribution in [0.3, 0.4) is 0 Å². The molecule has 0 unspecified atom stereocenters. The van der Waals surface area contributed by atoms with Crippen molar-refractivity contribution in [3.8, 4) is 0 Å². The zero-order valence-corrected chi connectivity index (χ0v) is 4.68. The van der Waals surface area contributed by atoms with Gasteiger partial charge in [-0.05, 0) is 12.1 Å². The van der Waals surface area contributed by atoms with Crippen molar-refractivity contribution in [2.75, 3.05) is 0 Å². The summed E-state index contributed by atoms with van der Waals surface area (Å²) in [5.41, 5.74) is -1.08. The summed E-state index contributed by atoms with van der Waals surface area (Å²) in [4.78, 5) is 0. The van der Waals surface area contributed by atoms with Gasteiger partial charge in [0.05, 0.1) is 1.37 Å². The Morgan fingerprint density at radius 2 is 2.20 bits per heavy atom. The predicted octanol–water partition coefficient (Wildman–Crippen LogP) is 1.50. The van der Waals surface area contributed by atoms with E-state index in [0.717, 1.165) is 12.1 Å². The Kier molecular flexibility index (Phi) is 1.26. The van der Waals surface area contributed by atoms with Crippen molar-refractivity contribution in [1.29, 1.82) is 0 Å². The van der Waals surface area contributed by atoms with Crippen molar-refractivity contribution in [2.24, 2.45) is 0 Å². The summed E-state index contributed by atoms with van der Waals surface area (Å²) in [6.07, 6.45) is -4.75. The third kappa shape index (κ3) is 1.43. The van der Waals surface area contributed by atoms with E-state index in [1.165, 1.54) is 0 Å². The first kappa shape index (κ1) is 5.64. The molecular formula is C5H3F3N2. The summed E-state index contributed by atoms with van der Waals surface area (Å²) in [7, 11) is 0. The van der Waals surface area contributed by atoms with Crippen LogP contribution in [0.1, 0.15) is 7.06 Å². The second-order valence-electron chi connectivity index (χ2n) is 1.55. The normalized spacial score (nSPS) is 12.9. The van der Waals surface area contributed by atoms with Crippen molar-refractivity contribution < 1.29 is 14.5 Å². The minimum absolute atomic E-state index is 0.280. The van der Waals surface area contributed by atoms with Crippen LogP contribution in [0.2, 0.25) is 0 Å². The third-order valence-electron chi connectivity index (χ3n) is 0.822. The molecule has 5 heteroatoms. The summed E-state index contributed by atoms with van der Waals surface area (Å²) in [5.74, 6) is 0. The van der Waals surface area contributed by atoms with Gasteiger partial charge in [0.1, 0.15) is 0 Å². The number of hydrogen-bond donors (Lipinski definition) is 0. The lowest BCUT2D eigenvalue weighted by atomic mass is 10.4. The summed E-state index contributed by atoms with van der Waals surface area (Å²) in [6.45, 7) is 0. The Hall–Kier alpha value is -1.13. The van der Waals surface area contributed by atoms with Gasteiger partial charge in [0.25, 0.3) is 0 Å². The van der Waals surface area contributed by atoms with Gasteiger partial charge in [-0.3, -0.25) is 0 Å². The standard InChI is InChI=1S/C5H3F3N2/c6-5(7,8)4-2-1-3-9-10-4/h1-3H/i3D. The van der Waals surface area contributed by atoms with Crippen LogP contribution < -0.4 is 0 Å². The molecule has 0 aliphatic rings. The van der Waals surface area contributed by atoms with Crippen LogP contribution in [0.4, 0.5) is 13.2 Å². The maximum Gasteiger partial charge on any atom is 0.435 e. The average molecular weight is 149 g/mol. The quantitative estimate of drug-likeness (QED) is 0.558. The van der Waals surface area contributed by atoms with Crippen LogP contribution in [-0.4, -0.2) is 10.2 Å². The molecule has 0 bridgehead atoms. The van der Waals surface area contributed by atoms with Crippen LogP contribution in [0, 0.1) is 0 Å². The molecule has 0 atom stereocenters. The Morgan fingerprint density at radius 1 is 1.50 bits per heavy atom. The molecule has 0 spiro atoms. The van der Waals surface area contributed by atoms with E-state index >= 15 is 0 Å². The predicted molar refractivity (Wildman–Crippen MR) is 27.0 cm³/mol. The molecule has 0 aliphatic carbocycles. The van der Waals surface area contributed by atoms with Gasteiger partial charge >= 0.3 is 6.18 Å². The zero-order valence-electron chi connectivity index (χ0n) is 5.68. The van der Waals surface area contributed by atoms with Gasteiger partial charge in [-0.2, -0.15) is 18.3 Å². The molecule has 0 N–H and O–H groups in total.